The van der Waals surface area contributed by atoms with Crippen LogP contribution in [0.2, 0.25) is 0 Å². The predicted octanol–water partition coefficient (Wildman–Crippen LogP) is -0.439. The fraction of sp³-hybridized carbons (Fsp3) is 0.818. The van der Waals surface area contributed by atoms with Gasteiger partial charge < -0.3 is 19.7 Å². The summed E-state index contributed by atoms with van der Waals surface area (Å²) in [4.78, 5) is 25.2. The third-order valence-corrected chi connectivity index (χ3v) is 3.20. The number of amides is 1. The van der Waals surface area contributed by atoms with E-state index in [9.17, 15) is 9.59 Å². The van der Waals surface area contributed by atoms with Crippen LogP contribution in [0.3, 0.4) is 0 Å². The molecule has 1 N–H and O–H groups in total. The maximum absolute atomic E-state index is 12.1. The van der Waals surface area contributed by atoms with Crippen molar-refractivity contribution >= 4 is 24.3 Å². The van der Waals surface area contributed by atoms with Gasteiger partial charge in [0.25, 0.3) is 0 Å². The lowest BCUT2D eigenvalue weighted by Crippen LogP contribution is -2.53. The molecule has 0 radical (unpaired) electrons. The van der Waals surface area contributed by atoms with Gasteiger partial charge in [0.2, 0.25) is 5.91 Å². The zero-order valence-electron chi connectivity index (χ0n) is 10.4. The van der Waals surface area contributed by atoms with E-state index in [2.05, 4.69) is 10.1 Å². The average Bonchev–Trinajstić information content (AvgIpc) is 2.91. The van der Waals surface area contributed by atoms with Crippen molar-refractivity contribution in [1.82, 2.24) is 10.2 Å². The molecule has 1 amide bonds. The molecule has 2 fully saturated rings. The van der Waals surface area contributed by atoms with E-state index in [1.54, 1.807) is 4.90 Å². The third-order valence-electron chi connectivity index (χ3n) is 3.20. The van der Waals surface area contributed by atoms with Crippen LogP contribution in [0.1, 0.15) is 12.8 Å². The molecular weight excluding hydrogens is 260 g/mol. The van der Waals surface area contributed by atoms with Gasteiger partial charge in [0.15, 0.2) is 6.10 Å². The molecule has 0 aliphatic carbocycles. The molecule has 0 aromatic carbocycles. The van der Waals surface area contributed by atoms with Gasteiger partial charge in [0.05, 0.1) is 26.3 Å². The van der Waals surface area contributed by atoms with Crippen LogP contribution in [0.4, 0.5) is 0 Å². The van der Waals surface area contributed by atoms with Gasteiger partial charge in [-0.1, -0.05) is 0 Å². The number of morpholine rings is 1. The first-order chi connectivity index (χ1) is 8.22. The van der Waals surface area contributed by atoms with Crippen molar-refractivity contribution in [2.75, 3.05) is 33.4 Å². The fourth-order valence-electron chi connectivity index (χ4n) is 2.24. The summed E-state index contributed by atoms with van der Waals surface area (Å²) < 4.78 is 9.91. The quantitative estimate of drug-likeness (QED) is 0.694. The smallest absolute Gasteiger partial charge is 0.336 e. The highest BCUT2D eigenvalue weighted by atomic mass is 35.5. The zero-order valence-corrected chi connectivity index (χ0v) is 11.2. The minimum Gasteiger partial charge on any atom is -0.467 e. The van der Waals surface area contributed by atoms with Gasteiger partial charge in [-0.15, -0.1) is 12.4 Å². The van der Waals surface area contributed by atoms with Crippen molar-refractivity contribution in [1.29, 1.82) is 0 Å². The first-order valence-corrected chi connectivity index (χ1v) is 5.94. The summed E-state index contributed by atoms with van der Waals surface area (Å²) in [5.41, 5.74) is 0. The largest absolute Gasteiger partial charge is 0.467 e. The van der Waals surface area contributed by atoms with Gasteiger partial charge in [-0.2, -0.15) is 0 Å². The standard InChI is InChI=1S/C11H18N2O4.ClH/c1-16-11(15)9-7-13(5-6-17-9)10(14)8-3-2-4-12-8;/h8-9,12H,2-7H2,1H3;1H. The molecule has 7 heteroatoms. The van der Waals surface area contributed by atoms with Gasteiger partial charge in [-0.25, -0.2) is 4.79 Å². The number of methoxy groups -OCH3 is 1. The van der Waals surface area contributed by atoms with Crippen molar-refractivity contribution in [2.24, 2.45) is 0 Å². The van der Waals surface area contributed by atoms with Crippen LogP contribution in [0, 0.1) is 0 Å². The third kappa shape index (κ3) is 3.34. The monoisotopic (exact) mass is 278 g/mol. The molecule has 2 rings (SSSR count). The Hall–Kier alpha value is -0.850. The highest BCUT2D eigenvalue weighted by Gasteiger charge is 2.33. The first kappa shape index (κ1) is 15.2. The van der Waals surface area contributed by atoms with Crippen molar-refractivity contribution in [3.05, 3.63) is 0 Å². The highest BCUT2D eigenvalue weighted by molar-refractivity contribution is 5.85. The van der Waals surface area contributed by atoms with Gasteiger partial charge in [-0.05, 0) is 19.4 Å². The Morgan fingerprint density at radius 1 is 1.44 bits per heavy atom. The first-order valence-electron chi connectivity index (χ1n) is 5.94. The van der Waals surface area contributed by atoms with Gasteiger partial charge >= 0.3 is 5.97 Å². The number of nitrogens with zero attached hydrogens (tertiary/aromatic N) is 1. The summed E-state index contributed by atoms with van der Waals surface area (Å²) in [6, 6.07) is -0.0913. The molecule has 0 saturated carbocycles. The van der Waals surface area contributed by atoms with Crippen LogP contribution < -0.4 is 5.32 Å². The molecule has 2 atom stereocenters. The van der Waals surface area contributed by atoms with Gasteiger partial charge in [-0.3, -0.25) is 4.79 Å². The predicted molar refractivity (Wildman–Crippen MR) is 66.6 cm³/mol. The van der Waals surface area contributed by atoms with Crippen molar-refractivity contribution < 1.29 is 19.1 Å². The molecular formula is C11H19ClN2O4. The number of carbonyl (C=O) groups is 2. The highest BCUT2D eigenvalue weighted by Crippen LogP contribution is 2.13. The lowest BCUT2D eigenvalue weighted by molar-refractivity contribution is -0.162. The van der Waals surface area contributed by atoms with E-state index >= 15 is 0 Å². The van der Waals surface area contributed by atoms with Crippen LogP contribution >= 0.6 is 12.4 Å². The number of hydrogen-bond acceptors (Lipinski definition) is 5. The van der Waals surface area contributed by atoms with Crippen molar-refractivity contribution in [3.63, 3.8) is 0 Å². The molecule has 18 heavy (non-hydrogen) atoms. The molecule has 2 heterocycles. The summed E-state index contributed by atoms with van der Waals surface area (Å²) >= 11 is 0. The SMILES string of the molecule is COC(=O)C1CN(C(=O)C2CCCN2)CCO1.Cl. The van der Waals surface area contributed by atoms with Gasteiger partial charge in [0.1, 0.15) is 0 Å². The number of carbonyl (C=O) groups excluding carboxylic acids is 2. The van der Waals surface area contributed by atoms with E-state index in [0.29, 0.717) is 19.7 Å². The number of nitrogens with one attached hydrogen (secondary N) is 1. The molecule has 0 aromatic heterocycles. The molecule has 2 aliphatic heterocycles. The minimum atomic E-state index is -0.640. The Bertz CT molecular complexity index is 307. The van der Waals surface area contributed by atoms with E-state index in [4.69, 9.17) is 4.74 Å². The van der Waals surface area contributed by atoms with Gasteiger partial charge in [0, 0.05) is 6.54 Å². The molecule has 0 bridgehead atoms. The number of halogens is 1. The van der Waals surface area contributed by atoms with Crippen LogP contribution in [-0.2, 0) is 19.1 Å². The van der Waals surface area contributed by atoms with Crippen molar-refractivity contribution in [2.45, 2.75) is 25.0 Å². The summed E-state index contributed by atoms with van der Waals surface area (Å²) in [6.45, 7) is 2.12. The molecule has 6 nitrogen and oxygen atoms in total. The number of hydrogen-bond donors (Lipinski definition) is 1. The number of rotatable bonds is 2. The maximum Gasteiger partial charge on any atom is 0.336 e. The Morgan fingerprint density at radius 2 is 2.22 bits per heavy atom. The Labute approximate surface area is 112 Å². The van der Waals surface area contributed by atoms with Crippen LogP contribution in [0.5, 0.6) is 0 Å². The topological polar surface area (TPSA) is 67.9 Å². The van der Waals surface area contributed by atoms with E-state index in [0.717, 1.165) is 19.4 Å². The van der Waals surface area contributed by atoms with E-state index in [-0.39, 0.29) is 24.4 Å². The summed E-state index contributed by atoms with van der Waals surface area (Å²) in [5, 5.41) is 3.16. The second kappa shape index (κ2) is 6.92. The lowest BCUT2D eigenvalue weighted by atomic mass is 10.1. The normalized spacial score (nSPS) is 27.5. The van der Waals surface area contributed by atoms with Crippen molar-refractivity contribution in [3.8, 4) is 0 Å². The summed E-state index contributed by atoms with van der Waals surface area (Å²) in [7, 11) is 1.32. The van der Waals surface area contributed by atoms with Crippen LogP contribution in [0.15, 0.2) is 0 Å². The Balaban J connectivity index is 0.00000162. The molecule has 2 aliphatic rings. The Kier molecular flexibility index (Phi) is 5.84. The fourth-order valence-corrected chi connectivity index (χ4v) is 2.24. The molecule has 104 valence electrons. The minimum absolute atomic E-state index is 0. The zero-order chi connectivity index (χ0) is 12.3. The summed E-state index contributed by atoms with van der Waals surface area (Å²) in [5.74, 6) is -0.346. The Morgan fingerprint density at radius 3 is 2.83 bits per heavy atom. The second-order valence-corrected chi connectivity index (χ2v) is 4.32. The molecule has 2 saturated heterocycles. The molecule has 0 spiro atoms. The second-order valence-electron chi connectivity index (χ2n) is 4.32. The van der Waals surface area contributed by atoms with E-state index in [1.165, 1.54) is 7.11 Å². The maximum atomic E-state index is 12.1. The van der Waals surface area contributed by atoms with Crippen LogP contribution in [0.25, 0.3) is 0 Å². The lowest BCUT2D eigenvalue weighted by Gasteiger charge is -2.33. The number of esters is 1. The van der Waals surface area contributed by atoms with E-state index in [1.807, 2.05) is 0 Å². The van der Waals surface area contributed by atoms with E-state index < -0.39 is 12.1 Å². The summed E-state index contributed by atoms with van der Waals surface area (Å²) in [6.07, 6.45) is 1.26. The van der Waals surface area contributed by atoms with Crippen LogP contribution in [-0.4, -0.2) is 62.3 Å². The molecule has 2 unspecified atom stereocenters. The number of ether oxygens (including phenoxy) is 2. The average molecular weight is 279 g/mol. The molecule has 0 aromatic rings.